The van der Waals surface area contributed by atoms with Crippen molar-refractivity contribution in [1.29, 1.82) is 5.41 Å². The van der Waals surface area contributed by atoms with E-state index in [1.54, 1.807) is 0 Å². The Balaban J connectivity index is 5.02. The summed E-state index contributed by atoms with van der Waals surface area (Å²) >= 11 is 0. The molecule has 3 amide bonds. The molecule has 12 nitrogen and oxygen atoms in total. The summed E-state index contributed by atoms with van der Waals surface area (Å²) in [5, 5.41) is 23.9. The summed E-state index contributed by atoms with van der Waals surface area (Å²) in [6, 6.07) is -3.14. The number of nitrogens with two attached hydrogens (primary N) is 3. The van der Waals surface area contributed by atoms with E-state index in [-0.39, 0.29) is 31.6 Å². The highest BCUT2D eigenvalue weighted by molar-refractivity contribution is 5.91. The van der Waals surface area contributed by atoms with Gasteiger partial charge < -0.3 is 38.3 Å². The number of carbonyl (C=O) groups is 4. The molecule has 0 rings (SSSR count). The van der Waals surface area contributed by atoms with Gasteiger partial charge in [-0.15, -0.1) is 0 Å². The van der Waals surface area contributed by atoms with Gasteiger partial charge in [0.25, 0.3) is 0 Å². The van der Waals surface area contributed by atoms with E-state index in [4.69, 9.17) is 22.6 Å². The van der Waals surface area contributed by atoms with Crippen LogP contribution < -0.4 is 33.2 Å². The van der Waals surface area contributed by atoms with Crippen molar-refractivity contribution in [2.75, 3.05) is 6.54 Å². The van der Waals surface area contributed by atoms with Crippen molar-refractivity contribution in [2.45, 2.75) is 70.0 Å². The zero-order valence-electron chi connectivity index (χ0n) is 16.7. The van der Waals surface area contributed by atoms with Crippen LogP contribution in [0.2, 0.25) is 0 Å². The molecule has 0 radical (unpaired) electrons. The molecule has 0 aromatic heterocycles. The molecular formula is C17H33N7O5. The largest absolute Gasteiger partial charge is 0.480 e. The van der Waals surface area contributed by atoms with Gasteiger partial charge in [0.15, 0.2) is 5.96 Å². The number of guanidine groups is 1. The summed E-state index contributed by atoms with van der Waals surface area (Å²) < 4.78 is 0. The predicted molar refractivity (Wildman–Crippen MR) is 107 cm³/mol. The molecule has 0 spiro atoms. The fourth-order valence-corrected chi connectivity index (χ4v) is 2.44. The molecule has 166 valence electrons. The highest BCUT2D eigenvalue weighted by Crippen LogP contribution is 2.05. The summed E-state index contributed by atoms with van der Waals surface area (Å²) in [5.41, 5.74) is 16.0. The summed E-state index contributed by atoms with van der Waals surface area (Å²) in [7, 11) is 0. The van der Waals surface area contributed by atoms with Gasteiger partial charge in [-0.25, -0.2) is 4.79 Å². The monoisotopic (exact) mass is 415 g/mol. The normalized spacial score (nSPS) is 13.6. The van der Waals surface area contributed by atoms with Crippen LogP contribution in [-0.4, -0.2) is 59.4 Å². The van der Waals surface area contributed by atoms with E-state index in [1.165, 1.54) is 0 Å². The molecule has 0 unspecified atom stereocenters. The lowest BCUT2D eigenvalue weighted by Gasteiger charge is -2.23. The van der Waals surface area contributed by atoms with Gasteiger partial charge in [-0.05, 0) is 25.7 Å². The van der Waals surface area contributed by atoms with Crippen LogP contribution in [0.3, 0.4) is 0 Å². The van der Waals surface area contributed by atoms with Crippen LogP contribution in [0.25, 0.3) is 0 Å². The molecule has 0 aliphatic rings. The Morgan fingerprint density at radius 1 is 0.966 bits per heavy atom. The third kappa shape index (κ3) is 12.2. The smallest absolute Gasteiger partial charge is 0.326 e. The summed E-state index contributed by atoms with van der Waals surface area (Å²) in [5.74, 6) is -3.28. The number of carboxylic acids is 1. The van der Waals surface area contributed by atoms with Gasteiger partial charge in [0, 0.05) is 13.0 Å². The maximum Gasteiger partial charge on any atom is 0.326 e. The summed E-state index contributed by atoms with van der Waals surface area (Å²) in [4.78, 5) is 47.0. The molecule has 0 saturated heterocycles. The topological polar surface area (TPSA) is 227 Å². The Morgan fingerprint density at radius 3 is 2.07 bits per heavy atom. The molecule has 0 bridgehead atoms. The van der Waals surface area contributed by atoms with E-state index in [0.717, 1.165) is 6.42 Å². The summed E-state index contributed by atoms with van der Waals surface area (Å²) in [6.07, 6.45) is 2.14. The van der Waals surface area contributed by atoms with E-state index < -0.39 is 41.8 Å². The van der Waals surface area contributed by atoms with Crippen LogP contribution in [0.15, 0.2) is 0 Å². The van der Waals surface area contributed by atoms with E-state index in [1.807, 2.05) is 6.92 Å². The van der Waals surface area contributed by atoms with Gasteiger partial charge in [0.2, 0.25) is 17.7 Å². The number of hydrogen-bond acceptors (Lipinski definition) is 6. The number of amides is 3. The summed E-state index contributed by atoms with van der Waals surface area (Å²) in [6.45, 7) is 2.19. The lowest BCUT2D eigenvalue weighted by atomic mass is 10.1. The second kappa shape index (κ2) is 14.2. The number of hydrogen-bond donors (Lipinski definition) is 8. The third-order valence-corrected chi connectivity index (χ3v) is 4.12. The minimum absolute atomic E-state index is 0.0235. The predicted octanol–water partition coefficient (Wildman–Crippen LogP) is -1.91. The lowest BCUT2D eigenvalue weighted by molar-refractivity contribution is -0.142. The first-order valence-corrected chi connectivity index (χ1v) is 9.53. The van der Waals surface area contributed by atoms with Gasteiger partial charge in [0.05, 0.1) is 6.04 Å². The molecule has 0 aromatic carbocycles. The number of unbranched alkanes of at least 4 members (excludes halogenated alkanes) is 1. The first-order valence-electron chi connectivity index (χ1n) is 9.53. The molecular weight excluding hydrogens is 382 g/mol. The van der Waals surface area contributed by atoms with Crippen molar-refractivity contribution in [3.63, 3.8) is 0 Å². The van der Waals surface area contributed by atoms with E-state index in [9.17, 15) is 24.3 Å². The van der Waals surface area contributed by atoms with Gasteiger partial charge in [-0.3, -0.25) is 19.8 Å². The van der Waals surface area contributed by atoms with Crippen LogP contribution >= 0.6 is 0 Å². The Hall–Kier alpha value is -2.89. The highest BCUT2D eigenvalue weighted by Gasteiger charge is 2.27. The van der Waals surface area contributed by atoms with E-state index >= 15 is 0 Å². The van der Waals surface area contributed by atoms with Crippen LogP contribution in [0.1, 0.15) is 51.9 Å². The van der Waals surface area contributed by atoms with Crippen molar-refractivity contribution in [1.82, 2.24) is 16.0 Å². The number of carbonyl (C=O) groups excluding carboxylic acids is 3. The lowest BCUT2D eigenvalue weighted by Crippen LogP contribution is -2.54. The Bertz CT molecular complexity index is 585. The van der Waals surface area contributed by atoms with Gasteiger partial charge in [-0.2, -0.15) is 0 Å². The van der Waals surface area contributed by atoms with Crippen LogP contribution in [-0.2, 0) is 19.2 Å². The van der Waals surface area contributed by atoms with Crippen molar-refractivity contribution in [3.8, 4) is 0 Å². The van der Waals surface area contributed by atoms with Gasteiger partial charge >= 0.3 is 5.97 Å². The Morgan fingerprint density at radius 2 is 1.55 bits per heavy atom. The molecule has 0 fully saturated rings. The first-order chi connectivity index (χ1) is 13.6. The molecule has 0 aliphatic heterocycles. The molecule has 29 heavy (non-hydrogen) atoms. The number of carboxylic acid groups (broad SMARTS) is 1. The second-order valence-corrected chi connectivity index (χ2v) is 6.70. The van der Waals surface area contributed by atoms with Crippen LogP contribution in [0.5, 0.6) is 0 Å². The van der Waals surface area contributed by atoms with Crippen LogP contribution in [0, 0.1) is 5.41 Å². The molecule has 0 heterocycles. The SMILES string of the molecule is CCCC[C@H](NC(=O)[C@H](CCCNC(=N)N)NC(=O)[C@@H](N)CCC(N)=O)C(=O)O. The maximum atomic E-state index is 12.6. The second-order valence-electron chi connectivity index (χ2n) is 6.70. The standard InChI is InChI=1S/C17H33N7O5/c1-2-3-5-12(16(28)29)24-15(27)11(6-4-9-22-17(20)21)23-14(26)10(18)7-8-13(19)25/h10-12H,2-9,18H2,1H3,(H2,19,25)(H,23,26)(H,24,27)(H,28,29)(H4,20,21,22)/t10-,11-,12-/m0/s1. The zero-order chi connectivity index (χ0) is 22.4. The molecule has 11 N–H and O–H groups in total. The van der Waals surface area contributed by atoms with E-state index in [2.05, 4.69) is 16.0 Å². The molecule has 0 saturated carbocycles. The zero-order valence-corrected chi connectivity index (χ0v) is 16.7. The minimum atomic E-state index is -1.16. The van der Waals surface area contributed by atoms with Crippen molar-refractivity contribution in [2.24, 2.45) is 17.2 Å². The van der Waals surface area contributed by atoms with Gasteiger partial charge in [-0.1, -0.05) is 19.8 Å². The van der Waals surface area contributed by atoms with Crippen molar-refractivity contribution >= 4 is 29.7 Å². The molecule has 12 heteroatoms. The quantitative estimate of drug-likeness (QED) is 0.0852. The average Bonchev–Trinajstić information content (AvgIpc) is 2.64. The maximum absolute atomic E-state index is 12.6. The van der Waals surface area contributed by atoms with Crippen LogP contribution in [0.4, 0.5) is 0 Å². The minimum Gasteiger partial charge on any atom is -0.480 e. The number of rotatable bonds is 15. The fraction of sp³-hybridized carbons (Fsp3) is 0.706. The van der Waals surface area contributed by atoms with E-state index in [0.29, 0.717) is 19.4 Å². The molecule has 0 aromatic rings. The molecule has 0 aliphatic carbocycles. The highest BCUT2D eigenvalue weighted by atomic mass is 16.4. The first kappa shape index (κ1) is 26.1. The average molecular weight is 415 g/mol. The van der Waals surface area contributed by atoms with Crippen molar-refractivity contribution < 1.29 is 24.3 Å². The Kier molecular flexibility index (Phi) is 12.7. The Labute approximate surface area is 169 Å². The fourth-order valence-electron chi connectivity index (χ4n) is 2.44. The number of nitrogens with one attached hydrogen (secondary N) is 4. The van der Waals surface area contributed by atoms with Gasteiger partial charge in [0.1, 0.15) is 12.1 Å². The third-order valence-electron chi connectivity index (χ3n) is 4.12. The number of aliphatic carboxylic acids is 1. The van der Waals surface area contributed by atoms with Crippen molar-refractivity contribution in [3.05, 3.63) is 0 Å². The number of primary amides is 1. The molecule has 3 atom stereocenters.